The molecule has 0 bridgehead atoms. The van der Waals surface area contributed by atoms with E-state index >= 15 is 0 Å². The van der Waals surface area contributed by atoms with Gasteiger partial charge in [0.2, 0.25) is 5.91 Å². The summed E-state index contributed by atoms with van der Waals surface area (Å²) in [5, 5.41) is 0. The molecule has 0 heterocycles. The minimum absolute atomic E-state index is 0.361. The van der Waals surface area contributed by atoms with E-state index in [-0.39, 0.29) is 11.9 Å². The van der Waals surface area contributed by atoms with Crippen molar-refractivity contribution in [3.05, 3.63) is 24.3 Å². The van der Waals surface area contributed by atoms with Crippen LogP contribution >= 0.6 is 0 Å². The van der Waals surface area contributed by atoms with Gasteiger partial charge in [0.15, 0.2) is 0 Å². The van der Waals surface area contributed by atoms with Gasteiger partial charge in [-0.05, 0) is 19.1 Å². The van der Waals surface area contributed by atoms with Gasteiger partial charge in [0.1, 0.15) is 6.04 Å². The number of para-hydroxylation sites is 2. The van der Waals surface area contributed by atoms with E-state index < -0.39 is 0 Å². The average Bonchev–Trinajstić information content (AvgIpc) is 2.16. The Morgan fingerprint density at radius 2 is 2.00 bits per heavy atom. The number of amides is 1. The molecule has 0 aliphatic heterocycles. The topological polar surface area (TPSA) is 72.4 Å². The zero-order chi connectivity index (χ0) is 10.7. The van der Waals surface area contributed by atoms with Gasteiger partial charge in [-0.3, -0.25) is 4.79 Å². The summed E-state index contributed by atoms with van der Waals surface area (Å²) < 4.78 is 0. The van der Waals surface area contributed by atoms with E-state index in [0.717, 1.165) is 5.69 Å². The molecule has 1 aromatic rings. The van der Waals surface area contributed by atoms with Crippen molar-refractivity contribution in [1.29, 1.82) is 0 Å². The zero-order valence-corrected chi connectivity index (χ0v) is 8.40. The van der Waals surface area contributed by atoms with Gasteiger partial charge in [-0.25, -0.2) is 0 Å². The monoisotopic (exact) mass is 193 g/mol. The van der Waals surface area contributed by atoms with Crippen molar-refractivity contribution in [2.75, 3.05) is 17.7 Å². The highest BCUT2D eigenvalue weighted by Gasteiger charge is 2.16. The Bertz CT molecular complexity index is 338. The Hall–Kier alpha value is -1.71. The SMILES string of the molecule is CC(C(N)=O)N(C)c1ccccc1N. The fourth-order valence-electron chi connectivity index (χ4n) is 1.21. The second-order valence-corrected chi connectivity index (χ2v) is 3.25. The standard InChI is InChI=1S/C10H15N3O/c1-7(10(12)14)13(2)9-6-4-3-5-8(9)11/h3-7H,11H2,1-2H3,(H2,12,14). The lowest BCUT2D eigenvalue weighted by Crippen LogP contribution is -2.40. The van der Waals surface area contributed by atoms with Crippen molar-refractivity contribution in [1.82, 2.24) is 0 Å². The molecule has 0 aromatic heterocycles. The number of nitrogens with two attached hydrogens (primary N) is 2. The van der Waals surface area contributed by atoms with Crippen LogP contribution in [0.25, 0.3) is 0 Å². The molecule has 4 nitrogen and oxygen atoms in total. The van der Waals surface area contributed by atoms with Crippen molar-refractivity contribution in [3.8, 4) is 0 Å². The third kappa shape index (κ3) is 1.96. The highest BCUT2D eigenvalue weighted by Crippen LogP contribution is 2.22. The average molecular weight is 193 g/mol. The smallest absolute Gasteiger partial charge is 0.239 e. The Balaban J connectivity index is 2.94. The highest BCUT2D eigenvalue weighted by atomic mass is 16.1. The van der Waals surface area contributed by atoms with Crippen LogP contribution in [0.4, 0.5) is 11.4 Å². The molecular formula is C10H15N3O. The van der Waals surface area contributed by atoms with Crippen LogP contribution in [0.2, 0.25) is 0 Å². The van der Waals surface area contributed by atoms with E-state index in [4.69, 9.17) is 11.5 Å². The number of hydrogen-bond donors (Lipinski definition) is 2. The van der Waals surface area contributed by atoms with Crippen molar-refractivity contribution in [2.24, 2.45) is 5.73 Å². The molecule has 0 saturated carbocycles. The fourth-order valence-corrected chi connectivity index (χ4v) is 1.21. The van der Waals surface area contributed by atoms with E-state index in [0.29, 0.717) is 5.69 Å². The van der Waals surface area contributed by atoms with Crippen LogP contribution in [0, 0.1) is 0 Å². The van der Waals surface area contributed by atoms with Crippen LogP contribution in [0.15, 0.2) is 24.3 Å². The van der Waals surface area contributed by atoms with Crippen LogP contribution in [0.1, 0.15) is 6.92 Å². The van der Waals surface area contributed by atoms with Gasteiger partial charge in [-0.2, -0.15) is 0 Å². The van der Waals surface area contributed by atoms with Crippen molar-refractivity contribution >= 4 is 17.3 Å². The fraction of sp³-hybridized carbons (Fsp3) is 0.300. The van der Waals surface area contributed by atoms with Gasteiger partial charge in [-0.1, -0.05) is 12.1 Å². The first-order valence-electron chi connectivity index (χ1n) is 4.40. The van der Waals surface area contributed by atoms with Gasteiger partial charge in [0.05, 0.1) is 11.4 Å². The lowest BCUT2D eigenvalue weighted by Gasteiger charge is -2.25. The molecule has 1 amide bonds. The highest BCUT2D eigenvalue weighted by molar-refractivity contribution is 5.84. The molecule has 1 rings (SSSR count). The molecule has 76 valence electrons. The molecule has 14 heavy (non-hydrogen) atoms. The molecule has 1 atom stereocenters. The van der Waals surface area contributed by atoms with E-state index in [1.807, 2.05) is 18.2 Å². The quantitative estimate of drug-likeness (QED) is 0.690. The Morgan fingerprint density at radius 1 is 1.43 bits per heavy atom. The van der Waals surface area contributed by atoms with E-state index in [2.05, 4.69) is 0 Å². The molecule has 0 spiro atoms. The van der Waals surface area contributed by atoms with Gasteiger partial charge < -0.3 is 16.4 Å². The number of hydrogen-bond acceptors (Lipinski definition) is 3. The van der Waals surface area contributed by atoms with E-state index in [1.165, 1.54) is 0 Å². The predicted octanol–water partition coefficient (Wildman–Crippen LogP) is 0.579. The molecular weight excluding hydrogens is 178 g/mol. The molecule has 0 aliphatic rings. The molecule has 0 saturated heterocycles. The second kappa shape index (κ2) is 4.00. The number of carbonyl (C=O) groups excluding carboxylic acids is 1. The third-order valence-electron chi connectivity index (χ3n) is 2.31. The molecule has 4 heteroatoms. The number of primary amides is 1. The predicted molar refractivity (Wildman–Crippen MR) is 57.9 cm³/mol. The number of nitrogen functional groups attached to an aromatic ring is 1. The van der Waals surface area contributed by atoms with Crippen molar-refractivity contribution < 1.29 is 4.79 Å². The normalized spacial score (nSPS) is 12.1. The number of benzene rings is 1. The largest absolute Gasteiger partial charge is 0.397 e. The Kier molecular flexibility index (Phi) is 2.96. The summed E-state index contributed by atoms with van der Waals surface area (Å²) in [6.45, 7) is 1.74. The summed E-state index contributed by atoms with van der Waals surface area (Å²) in [5.74, 6) is -0.365. The zero-order valence-electron chi connectivity index (χ0n) is 8.40. The minimum Gasteiger partial charge on any atom is -0.397 e. The first-order chi connectivity index (χ1) is 6.54. The summed E-state index contributed by atoms with van der Waals surface area (Å²) in [7, 11) is 1.79. The lowest BCUT2D eigenvalue weighted by atomic mass is 10.2. The maximum absolute atomic E-state index is 11.0. The number of carbonyl (C=O) groups is 1. The van der Waals surface area contributed by atoms with Crippen LogP contribution in [0.5, 0.6) is 0 Å². The number of likely N-dealkylation sites (N-methyl/N-ethyl adjacent to an activating group) is 1. The maximum atomic E-state index is 11.0. The summed E-state index contributed by atoms with van der Waals surface area (Å²) in [6, 6.07) is 7.01. The molecule has 1 unspecified atom stereocenters. The number of rotatable bonds is 3. The first kappa shape index (κ1) is 10.4. The van der Waals surface area contributed by atoms with Gasteiger partial charge in [0, 0.05) is 7.05 Å². The van der Waals surface area contributed by atoms with Gasteiger partial charge in [-0.15, -0.1) is 0 Å². The van der Waals surface area contributed by atoms with Gasteiger partial charge >= 0.3 is 0 Å². The molecule has 0 radical (unpaired) electrons. The van der Waals surface area contributed by atoms with Crippen LogP contribution in [-0.4, -0.2) is 19.0 Å². The second-order valence-electron chi connectivity index (χ2n) is 3.25. The summed E-state index contributed by atoms with van der Waals surface area (Å²) >= 11 is 0. The molecule has 0 fully saturated rings. The Labute approximate surface area is 83.5 Å². The molecule has 0 aliphatic carbocycles. The summed E-state index contributed by atoms with van der Waals surface area (Å²) in [5.41, 5.74) is 12.4. The maximum Gasteiger partial charge on any atom is 0.239 e. The summed E-state index contributed by atoms with van der Waals surface area (Å²) in [6.07, 6.45) is 0. The van der Waals surface area contributed by atoms with Crippen molar-refractivity contribution in [2.45, 2.75) is 13.0 Å². The van der Waals surface area contributed by atoms with Gasteiger partial charge in [0.25, 0.3) is 0 Å². The van der Waals surface area contributed by atoms with Crippen LogP contribution in [-0.2, 0) is 4.79 Å². The van der Waals surface area contributed by atoms with Crippen LogP contribution in [0.3, 0.4) is 0 Å². The number of nitrogens with zero attached hydrogens (tertiary/aromatic N) is 1. The van der Waals surface area contributed by atoms with Crippen molar-refractivity contribution in [3.63, 3.8) is 0 Å². The summed E-state index contributed by atoms with van der Waals surface area (Å²) in [4.78, 5) is 12.7. The molecule has 1 aromatic carbocycles. The molecule has 4 N–H and O–H groups in total. The Morgan fingerprint density at radius 3 is 2.50 bits per heavy atom. The van der Waals surface area contributed by atoms with E-state index in [9.17, 15) is 4.79 Å². The minimum atomic E-state index is -0.365. The third-order valence-corrected chi connectivity index (χ3v) is 2.31. The van der Waals surface area contributed by atoms with E-state index in [1.54, 1.807) is 24.9 Å². The van der Waals surface area contributed by atoms with Crippen LogP contribution < -0.4 is 16.4 Å². The lowest BCUT2D eigenvalue weighted by molar-refractivity contribution is -0.118. The first-order valence-corrected chi connectivity index (χ1v) is 4.40. The number of anilines is 2.